The third kappa shape index (κ3) is 1.89. The molecule has 3 rings (SSSR count). The van der Waals surface area contributed by atoms with Crippen molar-refractivity contribution >= 4 is 34.9 Å². The average Bonchev–Trinajstić information content (AvgIpc) is 2.91. The van der Waals surface area contributed by atoms with Crippen LogP contribution in [0.25, 0.3) is 11.0 Å². The Labute approximate surface area is 108 Å². The smallest absolute Gasteiger partial charge is 0.178 e. The second kappa shape index (κ2) is 3.56. The Morgan fingerprint density at radius 3 is 2.88 bits per heavy atom. The van der Waals surface area contributed by atoms with Crippen LogP contribution in [0.2, 0.25) is 5.02 Å². The Hall–Kier alpha value is -0.870. The fraction of sp³-hybridized carbons (Fsp3) is 0.417. The van der Waals surface area contributed by atoms with Crippen molar-refractivity contribution in [3.05, 3.63) is 27.7 Å². The molecule has 1 aliphatic carbocycles. The first-order chi connectivity index (χ1) is 7.98. The van der Waals surface area contributed by atoms with Crippen molar-refractivity contribution in [2.45, 2.75) is 26.3 Å². The highest BCUT2D eigenvalue weighted by Gasteiger charge is 2.38. The van der Waals surface area contributed by atoms with Gasteiger partial charge in [-0.25, -0.2) is 4.39 Å². The maximum Gasteiger partial charge on any atom is 0.178 e. The van der Waals surface area contributed by atoms with Crippen LogP contribution in [0.15, 0.2) is 12.1 Å². The summed E-state index contributed by atoms with van der Waals surface area (Å²) < 4.78 is 16.1. The number of rotatable bonds is 2. The molecule has 0 saturated heterocycles. The van der Waals surface area contributed by atoms with Crippen LogP contribution in [0.4, 0.5) is 4.39 Å². The SMILES string of the molecule is CC1(Cn2c(=S)[nH]c3cc(Cl)c(F)cc32)CC1. The molecule has 1 heterocycles. The predicted octanol–water partition coefficient (Wildman–Crippen LogP) is 4.29. The molecule has 0 radical (unpaired) electrons. The highest BCUT2D eigenvalue weighted by molar-refractivity contribution is 7.71. The standard InChI is InChI=1S/C12H12ClFN2S/c1-12(2-3-12)6-16-10-5-8(14)7(13)4-9(10)15-11(16)17/h4-5H,2-3,6H2,1H3,(H,15,17). The van der Waals surface area contributed by atoms with Crippen molar-refractivity contribution in [2.75, 3.05) is 0 Å². The van der Waals surface area contributed by atoms with Gasteiger partial charge in [-0.1, -0.05) is 18.5 Å². The zero-order valence-corrected chi connectivity index (χ0v) is 11.0. The molecule has 1 aromatic carbocycles. The van der Waals surface area contributed by atoms with Crippen molar-refractivity contribution in [1.29, 1.82) is 0 Å². The fourth-order valence-corrected chi connectivity index (χ4v) is 2.50. The average molecular weight is 271 g/mol. The van der Waals surface area contributed by atoms with Gasteiger partial charge in [0.2, 0.25) is 0 Å². The molecule has 1 fully saturated rings. The molecule has 1 aliphatic rings. The van der Waals surface area contributed by atoms with Crippen LogP contribution in [0.1, 0.15) is 19.8 Å². The predicted molar refractivity (Wildman–Crippen MR) is 69.4 cm³/mol. The zero-order chi connectivity index (χ0) is 12.2. The third-order valence-electron chi connectivity index (χ3n) is 3.46. The molecule has 2 aromatic rings. The second-order valence-electron chi connectivity index (χ2n) is 5.11. The van der Waals surface area contributed by atoms with E-state index in [1.165, 1.54) is 18.9 Å². The summed E-state index contributed by atoms with van der Waals surface area (Å²) in [6, 6.07) is 3.05. The van der Waals surface area contributed by atoms with Gasteiger partial charge in [-0.2, -0.15) is 0 Å². The lowest BCUT2D eigenvalue weighted by Crippen LogP contribution is -2.07. The first-order valence-corrected chi connectivity index (χ1v) is 6.35. The second-order valence-corrected chi connectivity index (χ2v) is 5.90. The summed E-state index contributed by atoms with van der Waals surface area (Å²) >= 11 is 11.0. The summed E-state index contributed by atoms with van der Waals surface area (Å²) in [6.45, 7) is 3.06. The molecular weight excluding hydrogens is 259 g/mol. The van der Waals surface area contributed by atoms with Crippen LogP contribution in [-0.4, -0.2) is 9.55 Å². The minimum atomic E-state index is -0.400. The Morgan fingerprint density at radius 1 is 1.53 bits per heavy atom. The summed E-state index contributed by atoms with van der Waals surface area (Å²) in [7, 11) is 0. The summed E-state index contributed by atoms with van der Waals surface area (Å²) in [6.07, 6.45) is 2.41. The Kier molecular flexibility index (Phi) is 2.35. The molecule has 1 N–H and O–H groups in total. The summed E-state index contributed by atoms with van der Waals surface area (Å²) in [5.74, 6) is -0.400. The Bertz CT molecular complexity index is 654. The molecular formula is C12H12ClFN2S. The van der Waals surface area contributed by atoms with Gasteiger partial charge in [-0.05, 0) is 36.5 Å². The fourth-order valence-electron chi connectivity index (χ4n) is 2.06. The van der Waals surface area contributed by atoms with E-state index in [1.54, 1.807) is 6.07 Å². The number of H-pyrrole nitrogens is 1. The molecule has 0 amide bonds. The monoisotopic (exact) mass is 270 g/mol. The van der Waals surface area contributed by atoms with E-state index in [-0.39, 0.29) is 5.02 Å². The van der Waals surface area contributed by atoms with Gasteiger partial charge in [0.25, 0.3) is 0 Å². The van der Waals surface area contributed by atoms with Gasteiger partial charge in [0.1, 0.15) is 5.82 Å². The maximum absolute atomic E-state index is 13.5. The van der Waals surface area contributed by atoms with Crippen molar-refractivity contribution in [2.24, 2.45) is 5.41 Å². The Morgan fingerprint density at radius 2 is 2.24 bits per heavy atom. The van der Waals surface area contributed by atoms with Gasteiger partial charge in [-0.15, -0.1) is 0 Å². The van der Waals surface area contributed by atoms with E-state index < -0.39 is 5.82 Å². The summed E-state index contributed by atoms with van der Waals surface area (Å²) in [5.41, 5.74) is 1.92. The topological polar surface area (TPSA) is 20.7 Å². The van der Waals surface area contributed by atoms with Gasteiger partial charge >= 0.3 is 0 Å². The molecule has 17 heavy (non-hydrogen) atoms. The van der Waals surface area contributed by atoms with E-state index in [2.05, 4.69) is 11.9 Å². The van der Waals surface area contributed by atoms with E-state index in [1.807, 2.05) is 4.57 Å². The highest BCUT2D eigenvalue weighted by atomic mass is 35.5. The molecule has 0 bridgehead atoms. The number of halogens is 2. The van der Waals surface area contributed by atoms with Gasteiger partial charge in [0, 0.05) is 12.6 Å². The third-order valence-corrected chi connectivity index (χ3v) is 4.07. The molecule has 0 atom stereocenters. The van der Waals surface area contributed by atoms with Crippen molar-refractivity contribution in [3.8, 4) is 0 Å². The van der Waals surface area contributed by atoms with Gasteiger partial charge in [-0.3, -0.25) is 0 Å². The van der Waals surface area contributed by atoms with Crippen LogP contribution in [0, 0.1) is 16.0 Å². The minimum Gasteiger partial charge on any atom is -0.331 e. The van der Waals surface area contributed by atoms with Crippen LogP contribution >= 0.6 is 23.8 Å². The molecule has 1 saturated carbocycles. The number of hydrogen-bond donors (Lipinski definition) is 1. The lowest BCUT2D eigenvalue weighted by atomic mass is 10.1. The molecule has 0 aliphatic heterocycles. The lowest BCUT2D eigenvalue weighted by molar-refractivity contribution is 0.469. The largest absolute Gasteiger partial charge is 0.331 e. The van der Waals surface area contributed by atoms with E-state index in [0.717, 1.165) is 17.6 Å². The minimum absolute atomic E-state index is 0.124. The number of aromatic amines is 1. The highest BCUT2D eigenvalue weighted by Crippen LogP contribution is 2.46. The normalized spacial score (nSPS) is 17.6. The Balaban J connectivity index is 2.19. The molecule has 90 valence electrons. The van der Waals surface area contributed by atoms with Crippen LogP contribution in [0.5, 0.6) is 0 Å². The number of fused-ring (bicyclic) bond motifs is 1. The van der Waals surface area contributed by atoms with E-state index in [4.69, 9.17) is 23.8 Å². The van der Waals surface area contributed by atoms with E-state index in [9.17, 15) is 4.39 Å². The summed E-state index contributed by atoms with van der Waals surface area (Å²) in [4.78, 5) is 3.07. The number of aromatic nitrogens is 2. The van der Waals surface area contributed by atoms with Crippen LogP contribution < -0.4 is 0 Å². The van der Waals surface area contributed by atoms with Crippen LogP contribution in [-0.2, 0) is 6.54 Å². The quantitative estimate of drug-likeness (QED) is 0.808. The number of benzene rings is 1. The molecule has 1 aromatic heterocycles. The molecule has 2 nitrogen and oxygen atoms in total. The van der Waals surface area contributed by atoms with Crippen molar-refractivity contribution in [1.82, 2.24) is 9.55 Å². The van der Waals surface area contributed by atoms with E-state index in [0.29, 0.717) is 10.2 Å². The van der Waals surface area contributed by atoms with Crippen molar-refractivity contribution in [3.63, 3.8) is 0 Å². The first-order valence-electron chi connectivity index (χ1n) is 5.56. The van der Waals surface area contributed by atoms with Gasteiger partial charge in [0.05, 0.1) is 16.1 Å². The van der Waals surface area contributed by atoms with Gasteiger partial charge < -0.3 is 9.55 Å². The maximum atomic E-state index is 13.5. The first kappa shape index (κ1) is 11.2. The number of imidazole rings is 1. The zero-order valence-electron chi connectivity index (χ0n) is 9.39. The molecule has 0 unspecified atom stereocenters. The molecule has 5 heteroatoms. The number of hydrogen-bond acceptors (Lipinski definition) is 1. The van der Waals surface area contributed by atoms with Crippen LogP contribution in [0.3, 0.4) is 0 Å². The van der Waals surface area contributed by atoms with Gasteiger partial charge in [0.15, 0.2) is 4.77 Å². The lowest BCUT2D eigenvalue weighted by Gasteiger charge is -2.10. The summed E-state index contributed by atoms with van der Waals surface area (Å²) in [5, 5.41) is 0.124. The number of nitrogens with one attached hydrogen (secondary N) is 1. The van der Waals surface area contributed by atoms with Crippen molar-refractivity contribution < 1.29 is 4.39 Å². The van der Waals surface area contributed by atoms with E-state index >= 15 is 0 Å². The molecule has 0 spiro atoms. The number of nitrogens with zero attached hydrogens (tertiary/aromatic N) is 1.